The Hall–Kier alpha value is -1.10. The van der Waals surface area contributed by atoms with Gasteiger partial charge >= 0.3 is 5.97 Å². The lowest BCUT2D eigenvalue weighted by molar-refractivity contribution is -0.272. The van der Waals surface area contributed by atoms with Gasteiger partial charge in [0.1, 0.15) is 24.6 Å². The molecule has 2 spiro atoms. The van der Waals surface area contributed by atoms with E-state index < -0.39 is 29.0 Å². The molecular formula is C30H44O9. The van der Waals surface area contributed by atoms with Crippen LogP contribution in [0.2, 0.25) is 0 Å². The summed E-state index contributed by atoms with van der Waals surface area (Å²) < 4.78 is 29.6. The maximum atomic E-state index is 13.0. The molecule has 3 heterocycles. The molecule has 3 aliphatic heterocycles. The third-order valence-corrected chi connectivity index (χ3v) is 12.8. The van der Waals surface area contributed by atoms with Gasteiger partial charge in [-0.15, -0.1) is 0 Å². The Kier molecular flexibility index (Phi) is 6.32. The third kappa shape index (κ3) is 3.59. The Morgan fingerprint density at radius 2 is 1.87 bits per heavy atom. The number of carbonyl (C=O) groups is 2. The van der Waals surface area contributed by atoms with Gasteiger partial charge in [-0.1, -0.05) is 0 Å². The number of methoxy groups -OCH3 is 1. The van der Waals surface area contributed by atoms with Crippen LogP contribution in [0.3, 0.4) is 0 Å². The molecule has 9 heteroatoms. The lowest BCUT2D eigenvalue weighted by Gasteiger charge is -2.62. The summed E-state index contributed by atoms with van der Waals surface area (Å²) in [7, 11) is 1.60. The van der Waals surface area contributed by atoms with E-state index in [-0.39, 0.29) is 53.4 Å². The molecule has 13 unspecified atom stereocenters. The van der Waals surface area contributed by atoms with Crippen molar-refractivity contribution in [2.45, 2.75) is 119 Å². The fraction of sp³-hybridized carbons (Fsp3) is 0.933. The highest BCUT2D eigenvalue weighted by atomic mass is 16.7. The standard InChI is InChI=1S/C30H44O9/c1-17-26(33)22(35-2)12-25(38-17)39-19-5-8-27(14-31)18(11-19)3-4-21-20(27)6-9-28-15-37-29(13-24(32)36-16-29)23(28)7-10-30(21,28)34/h14,17-23,25-26,33-34H,3-13,15-16H2,1-2H3. The summed E-state index contributed by atoms with van der Waals surface area (Å²) in [6, 6.07) is 0. The minimum absolute atomic E-state index is 0.00134. The van der Waals surface area contributed by atoms with E-state index in [1.807, 2.05) is 6.92 Å². The quantitative estimate of drug-likeness (QED) is 0.310. The third-order valence-electron chi connectivity index (χ3n) is 12.8. The topological polar surface area (TPSA) is 121 Å². The zero-order chi connectivity index (χ0) is 27.2. The van der Waals surface area contributed by atoms with Crippen molar-refractivity contribution in [3.8, 4) is 0 Å². The van der Waals surface area contributed by atoms with Crippen LogP contribution in [-0.4, -0.2) is 84.7 Å². The van der Waals surface area contributed by atoms with Gasteiger partial charge in [0, 0.05) is 30.3 Å². The van der Waals surface area contributed by atoms with E-state index in [4.69, 9.17) is 23.7 Å². The van der Waals surface area contributed by atoms with E-state index in [0.717, 1.165) is 51.4 Å². The monoisotopic (exact) mass is 548 g/mol. The van der Waals surface area contributed by atoms with E-state index in [1.54, 1.807) is 7.11 Å². The van der Waals surface area contributed by atoms with Gasteiger partial charge in [-0.25, -0.2) is 0 Å². The van der Waals surface area contributed by atoms with Gasteiger partial charge in [-0.05, 0) is 82.5 Å². The summed E-state index contributed by atoms with van der Waals surface area (Å²) in [5.74, 6) is 0.377. The second-order valence-corrected chi connectivity index (χ2v) is 13.9. The predicted octanol–water partition coefficient (Wildman–Crippen LogP) is 2.53. The van der Waals surface area contributed by atoms with Crippen LogP contribution >= 0.6 is 0 Å². The summed E-state index contributed by atoms with van der Waals surface area (Å²) >= 11 is 0. The largest absolute Gasteiger partial charge is 0.462 e. The number of fused-ring (bicyclic) bond motifs is 5. The molecule has 39 heavy (non-hydrogen) atoms. The normalized spacial score (nSPS) is 56.4. The molecule has 9 nitrogen and oxygen atoms in total. The van der Waals surface area contributed by atoms with Gasteiger partial charge < -0.3 is 38.7 Å². The van der Waals surface area contributed by atoms with Crippen LogP contribution in [-0.2, 0) is 33.3 Å². The Bertz CT molecular complexity index is 1000. The summed E-state index contributed by atoms with van der Waals surface area (Å²) in [5, 5.41) is 22.9. The Morgan fingerprint density at radius 3 is 2.62 bits per heavy atom. The average molecular weight is 549 g/mol. The first-order valence-electron chi connectivity index (χ1n) is 15.2. The number of esters is 1. The van der Waals surface area contributed by atoms with Gasteiger partial charge in [0.15, 0.2) is 6.29 Å². The Balaban J connectivity index is 1.08. The molecule has 7 fully saturated rings. The minimum atomic E-state index is -0.869. The molecule has 4 saturated carbocycles. The highest BCUT2D eigenvalue weighted by Gasteiger charge is 2.76. The van der Waals surface area contributed by atoms with Crippen molar-refractivity contribution in [1.29, 1.82) is 0 Å². The number of aldehydes is 1. The maximum Gasteiger partial charge on any atom is 0.308 e. The van der Waals surface area contributed by atoms with E-state index in [0.29, 0.717) is 32.5 Å². The molecule has 4 aliphatic carbocycles. The number of aliphatic hydroxyl groups excluding tert-OH is 1. The summed E-state index contributed by atoms with van der Waals surface area (Å²) in [6.07, 6.45) is 7.73. The van der Waals surface area contributed by atoms with Crippen molar-refractivity contribution in [2.24, 2.45) is 34.5 Å². The van der Waals surface area contributed by atoms with Crippen LogP contribution in [0.4, 0.5) is 0 Å². The fourth-order valence-corrected chi connectivity index (χ4v) is 10.9. The summed E-state index contributed by atoms with van der Waals surface area (Å²) in [4.78, 5) is 25.1. The fourth-order valence-electron chi connectivity index (χ4n) is 10.9. The summed E-state index contributed by atoms with van der Waals surface area (Å²) in [5.41, 5.74) is -2.24. The van der Waals surface area contributed by atoms with Crippen LogP contribution in [0.5, 0.6) is 0 Å². The molecule has 0 amide bonds. The zero-order valence-corrected chi connectivity index (χ0v) is 23.2. The molecule has 0 aromatic heterocycles. The molecule has 7 rings (SSSR count). The molecule has 0 radical (unpaired) electrons. The van der Waals surface area contributed by atoms with Crippen molar-refractivity contribution in [2.75, 3.05) is 20.3 Å². The molecule has 0 aromatic rings. The van der Waals surface area contributed by atoms with Crippen molar-refractivity contribution >= 4 is 12.3 Å². The van der Waals surface area contributed by atoms with E-state index >= 15 is 0 Å². The molecule has 218 valence electrons. The predicted molar refractivity (Wildman–Crippen MR) is 136 cm³/mol. The van der Waals surface area contributed by atoms with E-state index in [1.165, 1.54) is 6.29 Å². The van der Waals surface area contributed by atoms with Crippen molar-refractivity contribution in [1.82, 2.24) is 0 Å². The zero-order valence-electron chi connectivity index (χ0n) is 23.2. The number of hydrogen-bond donors (Lipinski definition) is 2. The van der Waals surface area contributed by atoms with Crippen molar-refractivity contribution in [3.05, 3.63) is 0 Å². The average Bonchev–Trinajstić information content (AvgIpc) is 3.57. The van der Waals surface area contributed by atoms with Crippen LogP contribution in [0.15, 0.2) is 0 Å². The van der Waals surface area contributed by atoms with Gasteiger partial charge in [-0.2, -0.15) is 0 Å². The molecule has 0 aromatic carbocycles. The summed E-state index contributed by atoms with van der Waals surface area (Å²) in [6.45, 7) is 2.63. The number of hydrogen-bond acceptors (Lipinski definition) is 9. The first-order chi connectivity index (χ1) is 18.7. The lowest BCUT2D eigenvalue weighted by Crippen LogP contribution is -2.64. The van der Waals surface area contributed by atoms with Crippen LogP contribution in [0.25, 0.3) is 0 Å². The van der Waals surface area contributed by atoms with Gasteiger partial charge in [0.2, 0.25) is 0 Å². The van der Waals surface area contributed by atoms with E-state index in [9.17, 15) is 19.8 Å². The SMILES string of the molecule is COC1CC(OC2CCC3(C=O)C(CCC4C3CCC35COC6(COC(=O)C6)C3CCC45O)C2)OC(C)C1O. The Labute approximate surface area is 230 Å². The first kappa shape index (κ1) is 26.8. The molecule has 7 aliphatic rings. The van der Waals surface area contributed by atoms with Crippen molar-refractivity contribution in [3.63, 3.8) is 0 Å². The van der Waals surface area contributed by atoms with Gasteiger partial charge in [-0.3, -0.25) is 4.79 Å². The van der Waals surface area contributed by atoms with Gasteiger partial charge in [0.05, 0.1) is 36.9 Å². The molecule has 2 N–H and O–H groups in total. The highest BCUT2D eigenvalue weighted by Crippen LogP contribution is 2.72. The second kappa shape index (κ2) is 9.20. The Morgan fingerprint density at radius 1 is 1.03 bits per heavy atom. The maximum absolute atomic E-state index is 13.0. The number of cyclic esters (lactones) is 1. The second-order valence-electron chi connectivity index (χ2n) is 13.9. The number of aliphatic hydroxyl groups is 2. The molecule has 0 bridgehead atoms. The van der Waals surface area contributed by atoms with Crippen LogP contribution < -0.4 is 0 Å². The lowest BCUT2D eigenvalue weighted by atomic mass is 9.43. The minimum Gasteiger partial charge on any atom is -0.462 e. The number of ether oxygens (including phenoxy) is 5. The van der Waals surface area contributed by atoms with Crippen LogP contribution in [0.1, 0.15) is 77.6 Å². The smallest absolute Gasteiger partial charge is 0.308 e. The highest BCUT2D eigenvalue weighted by molar-refractivity contribution is 5.73. The first-order valence-corrected chi connectivity index (χ1v) is 15.2. The van der Waals surface area contributed by atoms with Gasteiger partial charge in [0.25, 0.3) is 0 Å². The number of carbonyl (C=O) groups excluding carboxylic acids is 2. The molecule has 3 saturated heterocycles. The van der Waals surface area contributed by atoms with E-state index in [2.05, 4.69) is 0 Å². The van der Waals surface area contributed by atoms with Crippen molar-refractivity contribution < 1.29 is 43.5 Å². The van der Waals surface area contributed by atoms with Crippen LogP contribution in [0, 0.1) is 34.5 Å². The molecule has 13 atom stereocenters. The number of rotatable bonds is 4. The molecular weight excluding hydrogens is 504 g/mol.